The van der Waals surface area contributed by atoms with Gasteiger partial charge in [0.25, 0.3) is 0 Å². The molecule has 0 N–H and O–H groups in total. The third kappa shape index (κ3) is 5.87. The number of hydrogen-bond acceptors (Lipinski definition) is 3. The second-order valence-corrected chi connectivity index (χ2v) is 11.7. The molecule has 5 heteroatoms. The molecule has 0 radical (unpaired) electrons. The van der Waals surface area contributed by atoms with Gasteiger partial charge in [0.2, 0.25) is 0 Å². The Morgan fingerprint density at radius 1 is 1.00 bits per heavy atom. The molecule has 0 bridgehead atoms. The van der Waals surface area contributed by atoms with Crippen molar-refractivity contribution in [3.8, 4) is 5.75 Å². The van der Waals surface area contributed by atoms with Crippen molar-refractivity contribution in [1.29, 1.82) is 0 Å². The zero-order valence-electron chi connectivity index (χ0n) is 20.1. The van der Waals surface area contributed by atoms with Crippen LogP contribution in [0.2, 0.25) is 10.0 Å². The van der Waals surface area contributed by atoms with Gasteiger partial charge in [-0.2, -0.15) is 0 Å². The number of hydrogen-bond donors (Lipinski definition) is 0. The zero-order valence-corrected chi connectivity index (χ0v) is 21.7. The fourth-order valence-corrected chi connectivity index (χ4v) is 4.38. The van der Waals surface area contributed by atoms with E-state index in [0.717, 1.165) is 28.9 Å². The summed E-state index contributed by atoms with van der Waals surface area (Å²) in [6.07, 6.45) is 0.774. The highest BCUT2D eigenvalue weighted by atomic mass is 35.5. The van der Waals surface area contributed by atoms with Gasteiger partial charge in [-0.25, -0.2) is 0 Å². The van der Waals surface area contributed by atoms with Gasteiger partial charge in [0.1, 0.15) is 5.75 Å². The molecule has 1 saturated carbocycles. The van der Waals surface area contributed by atoms with E-state index in [1.807, 2.05) is 6.07 Å². The Morgan fingerprint density at radius 2 is 1.53 bits per heavy atom. The highest BCUT2D eigenvalue weighted by Gasteiger charge is 2.45. The van der Waals surface area contributed by atoms with Crippen LogP contribution in [0.15, 0.2) is 30.3 Å². The predicted octanol–water partition coefficient (Wildman–Crippen LogP) is 7.66. The van der Waals surface area contributed by atoms with Crippen molar-refractivity contribution < 1.29 is 14.3 Å². The molecule has 1 aliphatic carbocycles. The molecule has 3 nitrogen and oxygen atoms in total. The Morgan fingerprint density at radius 3 is 2.03 bits per heavy atom. The first-order valence-electron chi connectivity index (χ1n) is 11.2. The lowest BCUT2D eigenvalue weighted by atomic mass is 9.78. The highest BCUT2D eigenvalue weighted by Crippen LogP contribution is 2.44. The van der Waals surface area contributed by atoms with Crippen molar-refractivity contribution in [2.24, 2.45) is 11.8 Å². The number of aryl methyl sites for hydroxylation is 1. The van der Waals surface area contributed by atoms with Gasteiger partial charge in [-0.15, -0.1) is 0 Å². The summed E-state index contributed by atoms with van der Waals surface area (Å²) in [4.78, 5) is 13.0. The Hall–Kier alpha value is -1.55. The maximum Gasteiger partial charge on any atom is 0.314 e. The van der Waals surface area contributed by atoms with E-state index >= 15 is 0 Å². The Balaban J connectivity index is 1.69. The number of rotatable bonds is 6. The maximum atomic E-state index is 13.0. The van der Waals surface area contributed by atoms with Crippen LogP contribution >= 0.6 is 23.2 Å². The van der Waals surface area contributed by atoms with E-state index in [0.29, 0.717) is 23.3 Å². The molecule has 2 aromatic rings. The van der Waals surface area contributed by atoms with Crippen LogP contribution in [-0.4, -0.2) is 12.6 Å². The molecule has 0 aromatic heterocycles. The predicted molar refractivity (Wildman–Crippen MR) is 132 cm³/mol. The molecular weight excluding hydrogens is 443 g/mol. The van der Waals surface area contributed by atoms with Crippen LogP contribution in [-0.2, 0) is 27.0 Å². The average Bonchev–Trinajstić information content (AvgIpc) is 3.43. The molecular formula is C27H34Cl2O3. The van der Waals surface area contributed by atoms with Crippen LogP contribution in [0, 0.1) is 18.8 Å². The number of benzene rings is 2. The summed E-state index contributed by atoms with van der Waals surface area (Å²) in [6.45, 7) is 15.8. The van der Waals surface area contributed by atoms with Gasteiger partial charge >= 0.3 is 5.97 Å². The third-order valence-corrected chi connectivity index (χ3v) is 6.63. The first-order valence-corrected chi connectivity index (χ1v) is 11.9. The lowest BCUT2D eigenvalue weighted by Gasteiger charge is -2.29. The minimum Gasteiger partial charge on any atom is -0.426 e. The summed E-state index contributed by atoms with van der Waals surface area (Å²) in [5.41, 5.74) is 3.81. The number of carbonyl (C=O) groups is 1. The van der Waals surface area contributed by atoms with Crippen molar-refractivity contribution in [1.82, 2.24) is 0 Å². The van der Waals surface area contributed by atoms with E-state index in [1.165, 1.54) is 5.56 Å². The Kier molecular flexibility index (Phi) is 7.34. The van der Waals surface area contributed by atoms with Crippen LogP contribution in [0.3, 0.4) is 0 Å². The summed E-state index contributed by atoms with van der Waals surface area (Å²) < 4.78 is 11.9. The zero-order chi connectivity index (χ0) is 23.8. The normalized spacial score (nSPS) is 18.5. The number of esters is 1. The van der Waals surface area contributed by atoms with Crippen molar-refractivity contribution in [3.63, 3.8) is 0 Å². The van der Waals surface area contributed by atoms with Gasteiger partial charge < -0.3 is 9.47 Å². The molecule has 0 aliphatic heterocycles. The molecule has 3 rings (SSSR count). The molecule has 1 aliphatic rings. The van der Waals surface area contributed by atoms with Crippen molar-refractivity contribution in [2.75, 3.05) is 6.61 Å². The first-order chi connectivity index (χ1) is 14.8. The molecule has 2 unspecified atom stereocenters. The van der Waals surface area contributed by atoms with Crippen molar-refractivity contribution in [3.05, 3.63) is 62.6 Å². The summed E-state index contributed by atoms with van der Waals surface area (Å²) in [6, 6.07) is 9.68. The Labute approximate surface area is 202 Å². The molecule has 2 aromatic carbocycles. The lowest BCUT2D eigenvalue weighted by Crippen LogP contribution is -2.23. The van der Waals surface area contributed by atoms with Crippen LogP contribution in [0.25, 0.3) is 0 Å². The van der Waals surface area contributed by atoms with Crippen LogP contribution in [0.5, 0.6) is 5.75 Å². The SMILES string of the molecule is Cc1cc(C(C)(C)C)c(OC(=O)C2CC2COCc2c(Cl)cccc2Cl)c(C(C)(C)C)c1. The van der Waals surface area contributed by atoms with E-state index < -0.39 is 0 Å². The van der Waals surface area contributed by atoms with E-state index in [1.54, 1.807) is 12.1 Å². The standard InChI is InChI=1S/C27H34Cl2O3/c1-16-11-20(26(2,3)4)24(21(12-16)27(5,6)7)32-25(30)18-13-17(18)14-31-15-19-22(28)9-8-10-23(19)29/h8-12,17-18H,13-15H2,1-7H3. The molecule has 0 heterocycles. The maximum absolute atomic E-state index is 13.0. The summed E-state index contributed by atoms with van der Waals surface area (Å²) in [7, 11) is 0. The largest absolute Gasteiger partial charge is 0.426 e. The highest BCUT2D eigenvalue weighted by molar-refractivity contribution is 6.35. The second-order valence-electron chi connectivity index (χ2n) is 10.9. The Bertz CT molecular complexity index is 944. The summed E-state index contributed by atoms with van der Waals surface area (Å²) >= 11 is 12.4. The topological polar surface area (TPSA) is 35.5 Å². The molecule has 174 valence electrons. The van der Waals surface area contributed by atoms with Crippen molar-refractivity contribution >= 4 is 29.2 Å². The second kappa shape index (κ2) is 9.37. The van der Waals surface area contributed by atoms with Gasteiger partial charge in [0.15, 0.2) is 0 Å². The summed E-state index contributed by atoms with van der Waals surface area (Å²) in [5, 5.41) is 1.18. The number of carbonyl (C=O) groups excluding carboxylic acids is 1. The molecule has 32 heavy (non-hydrogen) atoms. The van der Waals surface area contributed by atoms with Gasteiger partial charge in [0, 0.05) is 26.7 Å². The third-order valence-electron chi connectivity index (χ3n) is 5.92. The van der Waals surface area contributed by atoms with Gasteiger partial charge in [-0.05, 0) is 42.2 Å². The van der Waals surface area contributed by atoms with E-state index in [9.17, 15) is 4.79 Å². The quantitative estimate of drug-likeness (QED) is 0.317. The van der Waals surface area contributed by atoms with Gasteiger partial charge in [-0.1, -0.05) is 88.5 Å². The lowest BCUT2D eigenvalue weighted by molar-refractivity contribution is -0.136. The molecule has 1 fully saturated rings. The molecule has 2 atom stereocenters. The van der Waals surface area contributed by atoms with E-state index in [-0.39, 0.29) is 28.6 Å². The van der Waals surface area contributed by atoms with Crippen molar-refractivity contribution in [2.45, 2.75) is 72.3 Å². The van der Waals surface area contributed by atoms with Crippen LogP contribution in [0.4, 0.5) is 0 Å². The minimum atomic E-state index is -0.172. The minimum absolute atomic E-state index is 0.137. The fraction of sp³-hybridized carbons (Fsp3) is 0.519. The first kappa shape index (κ1) is 25.1. The molecule has 0 saturated heterocycles. The smallest absolute Gasteiger partial charge is 0.314 e. The monoisotopic (exact) mass is 476 g/mol. The van der Waals surface area contributed by atoms with Gasteiger partial charge in [0.05, 0.1) is 19.1 Å². The van der Waals surface area contributed by atoms with Crippen LogP contribution in [0.1, 0.15) is 70.2 Å². The number of ether oxygens (including phenoxy) is 2. The van der Waals surface area contributed by atoms with Gasteiger partial charge in [-0.3, -0.25) is 4.79 Å². The average molecular weight is 477 g/mol. The number of halogens is 2. The summed E-state index contributed by atoms with van der Waals surface area (Å²) in [5.74, 6) is 0.563. The molecule has 0 amide bonds. The fourth-order valence-electron chi connectivity index (χ4n) is 3.88. The van der Waals surface area contributed by atoms with Crippen LogP contribution < -0.4 is 4.74 Å². The van der Waals surface area contributed by atoms with E-state index in [4.69, 9.17) is 32.7 Å². The van der Waals surface area contributed by atoms with E-state index in [2.05, 4.69) is 60.6 Å². The molecule has 0 spiro atoms.